The van der Waals surface area contributed by atoms with Crippen LogP contribution in [0.5, 0.6) is 11.5 Å². The Balaban J connectivity index is 2.09. The van der Waals surface area contributed by atoms with Crippen molar-refractivity contribution in [2.45, 2.75) is 33.6 Å². The Morgan fingerprint density at radius 2 is 1.92 bits per heavy atom. The Morgan fingerprint density at radius 1 is 1.15 bits per heavy atom. The van der Waals surface area contributed by atoms with E-state index in [0.29, 0.717) is 29.6 Å². The van der Waals surface area contributed by atoms with E-state index in [-0.39, 0.29) is 12.5 Å². The van der Waals surface area contributed by atoms with Gasteiger partial charge in [-0.05, 0) is 49.1 Å². The molecular formula is C21H25NO4. The first-order valence-corrected chi connectivity index (χ1v) is 8.70. The molecule has 0 fully saturated rings. The van der Waals surface area contributed by atoms with Crippen LogP contribution in [0.15, 0.2) is 36.4 Å². The summed E-state index contributed by atoms with van der Waals surface area (Å²) in [5, 5.41) is 2.94. The van der Waals surface area contributed by atoms with Gasteiger partial charge in [-0.1, -0.05) is 32.0 Å². The van der Waals surface area contributed by atoms with Gasteiger partial charge in [-0.3, -0.25) is 9.59 Å². The minimum absolute atomic E-state index is 0.146. The Labute approximate surface area is 154 Å². The minimum Gasteiger partial charge on any atom is -0.490 e. The largest absolute Gasteiger partial charge is 0.490 e. The van der Waals surface area contributed by atoms with Gasteiger partial charge in [0.05, 0.1) is 6.61 Å². The van der Waals surface area contributed by atoms with Gasteiger partial charge in [-0.15, -0.1) is 0 Å². The number of hydrogen-bond donors (Lipinski definition) is 1. The van der Waals surface area contributed by atoms with Gasteiger partial charge in [0, 0.05) is 11.3 Å². The quantitative estimate of drug-likeness (QED) is 0.715. The summed E-state index contributed by atoms with van der Waals surface area (Å²) in [6.45, 7) is 8.27. The lowest BCUT2D eigenvalue weighted by atomic mass is 9.98. The summed E-state index contributed by atoms with van der Waals surface area (Å²) < 4.78 is 11.1. The zero-order valence-corrected chi connectivity index (χ0v) is 15.7. The van der Waals surface area contributed by atoms with Crippen LogP contribution in [0.3, 0.4) is 0 Å². The number of carbonyl (C=O) groups is 2. The summed E-state index contributed by atoms with van der Waals surface area (Å²) in [6, 6.07) is 10.8. The molecule has 0 aliphatic heterocycles. The molecule has 2 aromatic carbocycles. The fourth-order valence-electron chi connectivity index (χ4n) is 2.65. The van der Waals surface area contributed by atoms with Crippen LogP contribution in [0.4, 0.5) is 5.69 Å². The fraction of sp³-hybridized carbons (Fsp3) is 0.333. The smallest absolute Gasteiger partial charge is 0.262 e. The van der Waals surface area contributed by atoms with E-state index in [9.17, 15) is 9.59 Å². The number of para-hydroxylation sites is 1. The topological polar surface area (TPSA) is 64.6 Å². The third-order valence-electron chi connectivity index (χ3n) is 3.95. The van der Waals surface area contributed by atoms with Crippen molar-refractivity contribution in [3.05, 3.63) is 53.1 Å². The number of carbonyl (C=O) groups excluding carboxylic acids is 2. The van der Waals surface area contributed by atoms with E-state index in [0.717, 1.165) is 23.1 Å². The average Bonchev–Trinajstić information content (AvgIpc) is 2.62. The summed E-state index contributed by atoms with van der Waals surface area (Å²) >= 11 is 0. The first kappa shape index (κ1) is 19.5. The lowest BCUT2D eigenvalue weighted by Crippen LogP contribution is -2.22. The summed E-state index contributed by atoms with van der Waals surface area (Å²) in [5.41, 5.74) is 3.42. The van der Waals surface area contributed by atoms with Gasteiger partial charge >= 0.3 is 0 Å². The van der Waals surface area contributed by atoms with Crippen LogP contribution in [0, 0.1) is 6.92 Å². The van der Waals surface area contributed by atoms with E-state index in [1.165, 1.54) is 0 Å². The summed E-state index contributed by atoms with van der Waals surface area (Å²) in [7, 11) is 0. The molecule has 0 saturated carbocycles. The molecule has 0 saturated heterocycles. The Bertz CT molecular complexity index is 784. The van der Waals surface area contributed by atoms with Gasteiger partial charge in [0.1, 0.15) is 6.29 Å². The SMILES string of the molecule is CCOc1cc(C=O)ccc1OCC(=O)Nc1c(C)cccc1C(C)C. The predicted molar refractivity (Wildman–Crippen MR) is 102 cm³/mol. The van der Waals surface area contributed by atoms with Crippen molar-refractivity contribution in [2.24, 2.45) is 0 Å². The molecule has 0 unspecified atom stereocenters. The molecule has 0 aliphatic carbocycles. The lowest BCUT2D eigenvalue weighted by Gasteiger charge is -2.17. The summed E-state index contributed by atoms with van der Waals surface area (Å²) in [6.07, 6.45) is 0.741. The molecule has 0 atom stereocenters. The van der Waals surface area contributed by atoms with Gasteiger partial charge < -0.3 is 14.8 Å². The van der Waals surface area contributed by atoms with Crippen LogP contribution in [0.2, 0.25) is 0 Å². The molecule has 26 heavy (non-hydrogen) atoms. The maximum Gasteiger partial charge on any atom is 0.262 e. The molecule has 5 nitrogen and oxygen atoms in total. The van der Waals surface area contributed by atoms with Crippen molar-refractivity contribution in [1.82, 2.24) is 0 Å². The monoisotopic (exact) mass is 355 g/mol. The van der Waals surface area contributed by atoms with E-state index in [1.54, 1.807) is 18.2 Å². The van der Waals surface area contributed by atoms with Gasteiger partial charge in [0.2, 0.25) is 0 Å². The van der Waals surface area contributed by atoms with Gasteiger partial charge in [-0.2, -0.15) is 0 Å². The highest BCUT2D eigenvalue weighted by atomic mass is 16.5. The molecule has 0 spiro atoms. The van der Waals surface area contributed by atoms with Crippen LogP contribution in [0.25, 0.3) is 0 Å². The molecule has 5 heteroatoms. The highest BCUT2D eigenvalue weighted by Gasteiger charge is 2.14. The van der Waals surface area contributed by atoms with Crippen LogP contribution >= 0.6 is 0 Å². The zero-order valence-electron chi connectivity index (χ0n) is 15.7. The fourth-order valence-corrected chi connectivity index (χ4v) is 2.65. The third-order valence-corrected chi connectivity index (χ3v) is 3.95. The number of aryl methyl sites for hydroxylation is 1. The second kappa shape index (κ2) is 9.04. The molecule has 2 rings (SSSR count). The summed E-state index contributed by atoms with van der Waals surface area (Å²) in [5.74, 6) is 0.930. The molecule has 0 aliphatic rings. The third kappa shape index (κ3) is 4.85. The Morgan fingerprint density at radius 3 is 2.58 bits per heavy atom. The Hall–Kier alpha value is -2.82. The van der Waals surface area contributed by atoms with Gasteiger partial charge in [0.15, 0.2) is 18.1 Å². The standard InChI is InChI=1S/C21H25NO4/c1-5-25-19-11-16(12-23)9-10-18(19)26-13-20(24)22-21-15(4)7-6-8-17(21)14(2)3/h6-12,14H,5,13H2,1-4H3,(H,22,24). The molecule has 0 aromatic heterocycles. The second-order valence-electron chi connectivity index (χ2n) is 6.29. The van der Waals surface area contributed by atoms with E-state index in [1.807, 2.05) is 32.0 Å². The van der Waals surface area contributed by atoms with E-state index >= 15 is 0 Å². The maximum absolute atomic E-state index is 12.4. The van der Waals surface area contributed by atoms with Crippen LogP contribution in [-0.4, -0.2) is 25.4 Å². The van der Waals surface area contributed by atoms with Crippen molar-refractivity contribution >= 4 is 17.9 Å². The average molecular weight is 355 g/mol. The maximum atomic E-state index is 12.4. The first-order chi connectivity index (χ1) is 12.5. The molecule has 0 bridgehead atoms. The molecule has 1 N–H and O–H groups in total. The molecule has 2 aromatic rings. The van der Waals surface area contributed by atoms with Crippen molar-refractivity contribution in [2.75, 3.05) is 18.5 Å². The zero-order chi connectivity index (χ0) is 19.1. The van der Waals surface area contributed by atoms with Crippen molar-refractivity contribution < 1.29 is 19.1 Å². The molecular weight excluding hydrogens is 330 g/mol. The molecule has 0 radical (unpaired) electrons. The van der Waals surface area contributed by atoms with Crippen molar-refractivity contribution in [3.8, 4) is 11.5 Å². The number of hydrogen-bond acceptors (Lipinski definition) is 4. The number of anilines is 1. The highest BCUT2D eigenvalue weighted by molar-refractivity contribution is 5.93. The molecule has 0 heterocycles. The predicted octanol–water partition coefficient (Wildman–Crippen LogP) is 4.35. The molecule has 1 amide bonds. The normalized spacial score (nSPS) is 10.5. The first-order valence-electron chi connectivity index (χ1n) is 8.70. The lowest BCUT2D eigenvalue weighted by molar-refractivity contribution is -0.118. The number of amides is 1. The van der Waals surface area contributed by atoms with Gasteiger partial charge in [-0.25, -0.2) is 0 Å². The van der Waals surface area contributed by atoms with E-state index < -0.39 is 0 Å². The van der Waals surface area contributed by atoms with Crippen LogP contribution in [-0.2, 0) is 4.79 Å². The summed E-state index contributed by atoms with van der Waals surface area (Å²) in [4.78, 5) is 23.3. The van der Waals surface area contributed by atoms with Crippen molar-refractivity contribution in [3.63, 3.8) is 0 Å². The number of nitrogens with one attached hydrogen (secondary N) is 1. The Kier molecular flexibility index (Phi) is 6.78. The molecule has 138 valence electrons. The number of aldehydes is 1. The van der Waals surface area contributed by atoms with E-state index in [2.05, 4.69) is 19.2 Å². The number of rotatable bonds is 8. The van der Waals surface area contributed by atoms with Crippen LogP contribution in [0.1, 0.15) is 48.2 Å². The minimum atomic E-state index is -0.247. The second-order valence-corrected chi connectivity index (χ2v) is 6.29. The number of ether oxygens (including phenoxy) is 2. The van der Waals surface area contributed by atoms with Crippen molar-refractivity contribution in [1.29, 1.82) is 0 Å². The van der Waals surface area contributed by atoms with Gasteiger partial charge in [0.25, 0.3) is 5.91 Å². The van der Waals surface area contributed by atoms with E-state index in [4.69, 9.17) is 9.47 Å². The number of benzene rings is 2. The highest BCUT2D eigenvalue weighted by Crippen LogP contribution is 2.29. The van der Waals surface area contributed by atoms with Crippen LogP contribution < -0.4 is 14.8 Å².